The molecule has 0 aromatic heterocycles. The fraction of sp³-hybridized carbons (Fsp3) is 1.00. The van der Waals surface area contributed by atoms with E-state index in [1.165, 1.54) is 32.1 Å². The van der Waals surface area contributed by atoms with E-state index in [0.29, 0.717) is 23.2 Å². The van der Waals surface area contributed by atoms with Crippen molar-refractivity contribution in [2.45, 2.75) is 76.8 Å². The number of hydrogen-bond acceptors (Lipinski definition) is 5. The molecule has 5 heteroatoms. The van der Waals surface area contributed by atoms with Gasteiger partial charge in [0.1, 0.15) is 0 Å². The average molecular weight is 421 g/mol. The molecule has 6 fully saturated rings. The van der Waals surface area contributed by atoms with Gasteiger partial charge in [-0.3, -0.25) is 0 Å². The van der Waals surface area contributed by atoms with Gasteiger partial charge in [0.2, 0.25) is 0 Å². The second kappa shape index (κ2) is 6.90. The zero-order chi connectivity index (χ0) is 20.6. The topological polar surface area (TPSA) is 46.2 Å². The van der Waals surface area contributed by atoms with Gasteiger partial charge in [0.15, 0.2) is 11.6 Å². The van der Waals surface area contributed by atoms with Crippen molar-refractivity contribution < 1.29 is 23.7 Å². The van der Waals surface area contributed by atoms with Crippen LogP contribution in [0.5, 0.6) is 0 Å². The molecule has 4 saturated carbocycles. The predicted molar refractivity (Wildman–Crippen MR) is 112 cm³/mol. The molecule has 2 spiro atoms. The molecule has 170 valence electrons. The van der Waals surface area contributed by atoms with Crippen molar-refractivity contribution in [3.8, 4) is 0 Å². The highest BCUT2D eigenvalue weighted by Crippen LogP contribution is 2.71. The maximum absolute atomic E-state index is 6.34. The first-order valence-electron chi connectivity index (χ1n) is 12.5. The van der Waals surface area contributed by atoms with Crippen LogP contribution in [0.2, 0.25) is 0 Å². The minimum atomic E-state index is -0.310. The first-order valence-corrected chi connectivity index (χ1v) is 12.5. The van der Waals surface area contributed by atoms with E-state index in [1.807, 2.05) is 7.11 Å². The summed E-state index contributed by atoms with van der Waals surface area (Å²) in [6.07, 6.45) is 9.51. The highest BCUT2D eigenvalue weighted by Gasteiger charge is 2.69. The van der Waals surface area contributed by atoms with Gasteiger partial charge in [-0.05, 0) is 67.1 Å². The van der Waals surface area contributed by atoms with E-state index in [4.69, 9.17) is 23.7 Å². The Morgan fingerprint density at radius 2 is 1.50 bits per heavy atom. The van der Waals surface area contributed by atoms with Crippen LogP contribution >= 0.6 is 0 Å². The van der Waals surface area contributed by atoms with Crippen molar-refractivity contribution in [3.63, 3.8) is 0 Å². The minimum Gasteiger partial charge on any atom is -0.384 e. The minimum absolute atomic E-state index is 0.166. The maximum Gasteiger partial charge on any atom is 0.174 e. The number of ether oxygens (including phenoxy) is 5. The van der Waals surface area contributed by atoms with Gasteiger partial charge in [-0.25, -0.2) is 0 Å². The Labute approximate surface area is 181 Å². The van der Waals surface area contributed by atoms with Gasteiger partial charge in [0.05, 0.1) is 26.4 Å². The summed E-state index contributed by atoms with van der Waals surface area (Å²) < 4.78 is 30.9. The monoisotopic (exact) mass is 420 g/mol. The second-order valence-electron chi connectivity index (χ2n) is 11.7. The molecule has 0 aromatic carbocycles. The Kier molecular flexibility index (Phi) is 4.69. The van der Waals surface area contributed by atoms with Gasteiger partial charge in [0, 0.05) is 38.4 Å². The molecule has 0 N–H and O–H groups in total. The van der Waals surface area contributed by atoms with Crippen LogP contribution in [0.3, 0.4) is 0 Å². The van der Waals surface area contributed by atoms with E-state index in [9.17, 15) is 0 Å². The summed E-state index contributed by atoms with van der Waals surface area (Å²) in [5.74, 6) is 2.87. The maximum atomic E-state index is 6.34. The van der Waals surface area contributed by atoms with Gasteiger partial charge in [0.25, 0.3) is 0 Å². The first-order chi connectivity index (χ1) is 14.5. The Hall–Kier alpha value is -0.200. The van der Waals surface area contributed by atoms with Crippen LogP contribution in [0, 0.1) is 40.4 Å². The summed E-state index contributed by atoms with van der Waals surface area (Å²) in [5.41, 5.74) is 0.528. The summed E-state index contributed by atoms with van der Waals surface area (Å²) in [4.78, 5) is 0. The highest BCUT2D eigenvalue weighted by molar-refractivity contribution is 5.14. The van der Waals surface area contributed by atoms with E-state index in [1.54, 1.807) is 0 Å². The van der Waals surface area contributed by atoms with Crippen molar-refractivity contribution in [1.82, 2.24) is 0 Å². The molecule has 0 aromatic rings. The molecule has 1 unspecified atom stereocenters. The number of rotatable bonds is 2. The first kappa shape index (κ1) is 20.4. The molecule has 6 rings (SSSR count). The Morgan fingerprint density at radius 1 is 0.800 bits per heavy atom. The van der Waals surface area contributed by atoms with Gasteiger partial charge < -0.3 is 23.7 Å². The van der Waals surface area contributed by atoms with Gasteiger partial charge in [-0.2, -0.15) is 0 Å². The summed E-state index contributed by atoms with van der Waals surface area (Å²) in [6, 6.07) is 0. The van der Waals surface area contributed by atoms with Crippen molar-refractivity contribution in [1.29, 1.82) is 0 Å². The lowest BCUT2D eigenvalue weighted by atomic mass is 9.42. The molecule has 2 aliphatic heterocycles. The van der Waals surface area contributed by atoms with Crippen LogP contribution in [0.15, 0.2) is 0 Å². The second-order valence-corrected chi connectivity index (χ2v) is 11.7. The van der Waals surface area contributed by atoms with Crippen LogP contribution in [-0.4, -0.2) is 51.7 Å². The van der Waals surface area contributed by atoms with E-state index < -0.39 is 0 Å². The molecule has 0 radical (unpaired) electrons. The molecule has 6 aliphatic rings. The molecule has 4 aliphatic carbocycles. The summed E-state index contributed by atoms with van der Waals surface area (Å²) in [5, 5.41) is 0. The van der Waals surface area contributed by atoms with Crippen LogP contribution in [0.4, 0.5) is 0 Å². The van der Waals surface area contributed by atoms with Crippen LogP contribution in [0.1, 0.15) is 65.2 Å². The average Bonchev–Trinajstić information content (AvgIpc) is 3.45. The smallest absolute Gasteiger partial charge is 0.174 e. The molecule has 0 amide bonds. The summed E-state index contributed by atoms with van der Waals surface area (Å²) in [7, 11) is 1.88. The third-order valence-electron chi connectivity index (χ3n) is 10.8. The van der Waals surface area contributed by atoms with Gasteiger partial charge >= 0.3 is 0 Å². The molecule has 2 heterocycles. The SMILES string of the molecule is COC[C@@H]1C[C@@H]2[C@H](CC[C@@]3(C)[C@H]2CCC32OCCO2)[C@@]2(C)CCC3(CC12)OCCO3. The predicted octanol–water partition coefficient (Wildman–Crippen LogP) is 4.39. The Balaban J connectivity index is 1.33. The Morgan fingerprint density at radius 3 is 2.23 bits per heavy atom. The zero-order valence-corrected chi connectivity index (χ0v) is 19.1. The molecular weight excluding hydrogens is 380 g/mol. The molecular formula is C25H40O5. The lowest BCUT2D eigenvalue weighted by Gasteiger charge is -2.64. The van der Waals surface area contributed by atoms with Crippen molar-refractivity contribution in [2.24, 2.45) is 40.4 Å². The highest BCUT2D eigenvalue weighted by atomic mass is 16.7. The third kappa shape index (κ3) is 2.59. The molecule has 2 saturated heterocycles. The number of hydrogen-bond donors (Lipinski definition) is 0. The van der Waals surface area contributed by atoms with E-state index in [0.717, 1.165) is 64.1 Å². The van der Waals surface area contributed by atoms with Crippen LogP contribution in [-0.2, 0) is 23.7 Å². The van der Waals surface area contributed by atoms with E-state index in [-0.39, 0.29) is 17.0 Å². The van der Waals surface area contributed by atoms with Crippen molar-refractivity contribution in [2.75, 3.05) is 40.1 Å². The fourth-order valence-corrected chi connectivity index (χ4v) is 9.47. The van der Waals surface area contributed by atoms with Crippen molar-refractivity contribution >= 4 is 0 Å². The lowest BCUT2D eigenvalue weighted by molar-refractivity contribution is -0.265. The number of methoxy groups -OCH3 is 1. The molecule has 7 atom stereocenters. The largest absolute Gasteiger partial charge is 0.384 e. The Bertz CT molecular complexity index is 668. The molecule has 30 heavy (non-hydrogen) atoms. The standard InChI is InChI=1S/C25H40O5/c1-22-8-9-24(27-10-11-28-24)15-21(22)17(16-26-3)14-18-19(22)4-6-23(2)20(18)5-7-25(23)29-12-13-30-25/h17-21H,4-16H2,1-3H3/t17-,18+,19-,20-,21?,22+,23-/m0/s1. The quantitative estimate of drug-likeness (QED) is 0.663. The normalized spacial score (nSPS) is 51.1. The lowest BCUT2D eigenvalue weighted by Crippen LogP contribution is -2.60. The van der Waals surface area contributed by atoms with Crippen LogP contribution < -0.4 is 0 Å². The summed E-state index contributed by atoms with van der Waals surface area (Å²) >= 11 is 0. The molecule has 0 bridgehead atoms. The molecule has 5 nitrogen and oxygen atoms in total. The van der Waals surface area contributed by atoms with Gasteiger partial charge in [-0.1, -0.05) is 13.8 Å². The third-order valence-corrected chi connectivity index (χ3v) is 10.8. The van der Waals surface area contributed by atoms with Crippen LogP contribution in [0.25, 0.3) is 0 Å². The van der Waals surface area contributed by atoms with Crippen molar-refractivity contribution in [3.05, 3.63) is 0 Å². The van der Waals surface area contributed by atoms with E-state index in [2.05, 4.69) is 13.8 Å². The summed E-state index contributed by atoms with van der Waals surface area (Å²) in [6.45, 7) is 9.01. The van der Waals surface area contributed by atoms with Gasteiger partial charge in [-0.15, -0.1) is 0 Å². The fourth-order valence-electron chi connectivity index (χ4n) is 9.47. The number of fused-ring (bicyclic) bond motifs is 6. The zero-order valence-electron chi connectivity index (χ0n) is 19.1. The van der Waals surface area contributed by atoms with E-state index >= 15 is 0 Å².